The van der Waals surface area contributed by atoms with E-state index in [2.05, 4.69) is 4.90 Å². The van der Waals surface area contributed by atoms with Gasteiger partial charge in [0, 0.05) is 12.1 Å². The quantitative estimate of drug-likeness (QED) is 0.743. The lowest BCUT2D eigenvalue weighted by atomic mass is 9.90. The number of rotatable bonds is 5. The summed E-state index contributed by atoms with van der Waals surface area (Å²) >= 11 is 0. The number of esters is 1. The summed E-state index contributed by atoms with van der Waals surface area (Å²) in [5.41, 5.74) is 5.90. The summed E-state index contributed by atoms with van der Waals surface area (Å²) in [5, 5.41) is 0. The molecule has 17 heavy (non-hydrogen) atoms. The van der Waals surface area contributed by atoms with E-state index in [1.54, 1.807) is 0 Å². The fourth-order valence-electron chi connectivity index (χ4n) is 2.62. The summed E-state index contributed by atoms with van der Waals surface area (Å²) in [7, 11) is 2.03. The first-order valence-electron chi connectivity index (χ1n) is 6.74. The van der Waals surface area contributed by atoms with Gasteiger partial charge >= 0.3 is 5.97 Å². The molecule has 0 aliphatic heterocycles. The maximum atomic E-state index is 11.8. The Labute approximate surface area is 104 Å². The van der Waals surface area contributed by atoms with Crippen molar-refractivity contribution in [2.24, 2.45) is 5.73 Å². The van der Waals surface area contributed by atoms with Crippen LogP contribution in [0.1, 0.15) is 46.0 Å². The van der Waals surface area contributed by atoms with Crippen LogP contribution >= 0.6 is 0 Å². The number of nitrogens with two attached hydrogens (primary N) is 1. The molecule has 1 rings (SSSR count). The van der Waals surface area contributed by atoms with E-state index in [9.17, 15) is 4.79 Å². The molecular formula is C13H26N2O2. The van der Waals surface area contributed by atoms with E-state index in [0.29, 0.717) is 18.7 Å². The molecule has 1 saturated carbocycles. The number of likely N-dealkylation sites (N-methyl/N-ethyl adjacent to an activating group) is 1. The Balaban J connectivity index is 2.53. The van der Waals surface area contributed by atoms with Gasteiger partial charge in [0.15, 0.2) is 0 Å². The average molecular weight is 242 g/mol. The summed E-state index contributed by atoms with van der Waals surface area (Å²) in [5.74, 6) is -0.0904. The molecule has 1 unspecified atom stereocenters. The number of nitrogens with zero attached hydrogens (tertiary/aromatic N) is 1. The van der Waals surface area contributed by atoms with Gasteiger partial charge in [-0.1, -0.05) is 6.92 Å². The largest absolute Gasteiger partial charge is 0.465 e. The van der Waals surface area contributed by atoms with E-state index in [1.165, 1.54) is 0 Å². The van der Waals surface area contributed by atoms with Crippen molar-refractivity contribution in [1.82, 2.24) is 4.90 Å². The lowest BCUT2D eigenvalue weighted by Crippen LogP contribution is -2.47. The number of hydrogen-bond donors (Lipinski definition) is 1. The molecular weight excluding hydrogens is 216 g/mol. The minimum Gasteiger partial charge on any atom is -0.465 e. The van der Waals surface area contributed by atoms with Gasteiger partial charge in [0.1, 0.15) is 6.04 Å². The highest BCUT2D eigenvalue weighted by atomic mass is 16.5. The molecule has 1 aliphatic rings. The summed E-state index contributed by atoms with van der Waals surface area (Å²) in [6.07, 6.45) is 5.11. The number of carbonyl (C=O) groups is 1. The van der Waals surface area contributed by atoms with Crippen LogP contribution in [-0.2, 0) is 9.53 Å². The first kappa shape index (κ1) is 14.5. The van der Waals surface area contributed by atoms with Crippen LogP contribution in [0.3, 0.4) is 0 Å². The predicted molar refractivity (Wildman–Crippen MR) is 68.7 cm³/mol. The average Bonchev–Trinajstić information content (AvgIpc) is 2.31. The highest BCUT2D eigenvalue weighted by molar-refractivity contribution is 5.75. The first-order chi connectivity index (χ1) is 8.10. The van der Waals surface area contributed by atoms with Crippen LogP contribution in [0.25, 0.3) is 0 Å². The third-order valence-electron chi connectivity index (χ3n) is 3.75. The smallest absolute Gasteiger partial charge is 0.323 e. The van der Waals surface area contributed by atoms with Crippen molar-refractivity contribution in [3.05, 3.63) is 0 Å². The van der Waals surface area contributed by atoms with Crippen LogP contribution in [0.5, 0.6) is 0 Å². The Bertz CT molecular complexity index is 238. The zero-order chi connectivity index (χ0) is 12.8. The van der Waals surface area contributed by atoms with Crippen LogP contribution in [-0.4, -0.2) is 42.6 Å². The molecule has 0 bridgehead atoms. The minimum absolute atomic E-state index is 0.0904. The number of hydrogen-bond acceptors (Lipinski definition) is 4. The van der Waals surface area contributed by atoms with E-state index >= 15 is 0 Å². The van der Waals surface area contributed by atoms with Gasteiger partial charge < -0.3 is 10.5 Å². The second-order valence-corrected chi connectivity index (χ2v) is 4.91. The molecule has 0 aromatic carbocycles. The molecule has 4 nitrogen and oxygen atoms in total. The maximum Gasteiger partial charge on any atom is 0.323 e. The molecule has 100 valence electrons. The molecule has 1 aliphatic carbocycles. The maximum absolute atomic E-state index is 11.8. The topological polar surface area (TPSA) is 55.6 Å². The van der Waals surface area contributed by atoms with E-state index in [4.69, 9.17) is 10.5 Å². The fourth-order valence-corrected chi connectivity index (χ4v) is 2.62. The lowest BCUT2D eigenvalue weighted by Gasteiger charge is -2.37. The summed E-state index contributed by atoms with van der Waals surface area (Å²) in [6.45, 7) is 4.34. The lowest BCUT2D eigenvalue weighted by molar-refractivity contribution is -0.150. The van der Waals surface area contributed by atoms with Crippen LogP contribution < -0.4 is 5.73 Å². The predicted octanol–water partition coefficient (Wildman–Crippen LogP) is 1.53. The summed E-state index contributed by atoms with van der Waals surface area (Å²) in [6, 6.07) is 0.723. The third kappa shape index (κ3) is 3.96. The van der Waals surface area contributed by atoms with Crippen molar-refractivity contribution in [3.8, 4) is 0 Å². The van der Waals surface area contributed by atoms with E-state index < -0.39 is 0 Å². The molecule has 0 radical (unpaired) electrons. The summed E-state index contributed by atoms with van der Waals surface area (Å²) in [4.78, 5) is 14.0. The Hall–Kier alpha value is -0.610. The zero-order valence-corrected chi connectivity index (χ0v) is 11.3. The Morgan fingerprint density at radius 3 is 2.41 bits per heavy atom. The molecule has 2 N–H and O–H groups in total. The molecule has 0 aromatic rings. The fraction of sp³-hybridized carbons (Fsp3) is 0.923. The zero-order valence-electron chi connectivity index (χ0n) is 11.3. The standard InChI is InChI=1S/C13H26N2O2/c1-4-12(13(16)17-5-2)15(3)11-8-6-10(14)7-9-11/h10-12H,4-9,14H2,1-3H3. The van der Waals surface area contributed by atoms with Crippen molar-refractivity contribution in [3.63, 3.8) is 0 Å². The molecule has 0 aromatic heterocycles. The summed E-state index contributed by atoms with van der Waals surface area (Å²) < 4.78 is 5.12. The molecule has 1 fully saturated rings. The highest BCUT2D eigenvalue weighted by Crippen LogP contribution is 2.23. The third-order valence-corrected chi connectivity index (χ3v) is 3.75. The van der Waals surface area contributed by atoms with E-state index in [1.807, 2.05) is 20.9 Å². The number of carbonyl (C=O) groups excluding carboxylic acids is 1. The van der Waals surface area contributed by atoms with Crippen molar-refractivity contribution >= 4 is 5.97 Å². The first-order valence-corrected chi connectivity index (χ1v) is 6.74. The van der Waals surface area contributed by atoms with Crippen LogP contribution in [0.15, 0.2) is 0 Å². The second kappa shape index (κ2) is 6.97. The molecule has 4 heteroatoms. The Kier molecular flexibility index (Phi) is 5.92. The van der Waals surface area contributed by atoms with E-state index in [0.717, 1.165) is 32.1 Å². The second-order valence-electron chi connectivity index (χ2n) is 4.91. The molecule has 0 spiro atoms. The monoisotopic (exact) mass is 242 g/mol. The van der Waals surface area contributed by atoms with Gasteiger partial charge in [-0.25, -0.2) is 0 Å². The number of ether oxygens (including phenoxy) is 1. The van der Waals surface area contributed by atoms with Gasteiger partial charge in [-0.3, -0.25) is 9.69 Å². The van der Waals surface area contributed by atoms with Crippen molar-refractivity contribution in [2.45, 2.75) is 64.1 Å². The molecule has 0 saturated heterocycles. The van der Waals surface area contributed by atoms with Gasteiger partial charge in [0.25, 0.3) is 0 Å². The molecule has 0 heterocycles. The Morgan fingerprint density at radius 2 is 1.94 bits per heavy atom. The normalized spacial score (nSPS) is 26.9. The van der Waals surface area contributed by atoms with Crippen molar-refractivity contribution in [1.29, 1.82) is 0 Å². The van der Waals surface area contributed by atoms with Crippen molar-refractivity contribution < 1.29 is 9.53 Å². The van der Waals surface area contributed by atoms with Crippen LogP contribution in [0, 0.1) is 0 Å². The highest BCUT2D eigenvalue weighted by Gasteiger charge is 2.30. The van der Waals surface area contributed by atoms with Gasteiger partial charge in [0.2, 0.25) is 0 Å². The van der Waals surface area contributed by atoms with E-state index in [-0.39, 0.29) is 12.0 Å². The molecule has 0 amide bonds. The van der Waals surface area contributed by atoms with Gasteiger partial charge in [-0.05, 0) is 46.1 Å². The van der Waals surface area contributed by atoms with Crippen LogP contribution in [0.2, 0.25) is 0 Å². The van der Waals surface area contributed by atoms with Gasteiger partial charge in [0.05, 0.1) is 6.61 Å². The van der Waals surface area contributed by atoms with Crippen molar-refractivity contribution in [2.75, 3.05) is 13.7 Å². The SMILES string of the molecule is CCOC(=O)C(CC)N(C)C1CCC(N)CC1. The molecule has 1 atom stereocenters. The van der Waals surface area contributed by atoms with Gasteiger partial charge in [-0.15, -0.1) is 0 Å². The Morgan fingerprint density at radius 1 is 1.35 bits per heavy atom. The minimum atomic E-state index is -0.103. The van der Waals surface area contributed by atoms with Crippen LogP contribution in [0.4, 0.5) is 0 Å². The van der Waals surface area contributed by atoms with Gasteiger partial charge in [-0.2, -0.15) is 0 Å².